The van der Waals surface area contributed by atoms with Gasteiger partial charge in [-0.3, -0.25) is 0 Å². The highest BCUT2D eigenvalue weighted by Gasteiger charge is 2.13. The Kier molecular flexibility index (Phi) is 6.30. The molecule has 2 aromatic rings. The number of hydrogen-bond acceptors (Lipinski definition) is 4. The molecule has 0 saturated carbocycles. The largest absolute Gasteiger partial charge is 0.493 e. The lowest BCUT2D eigenvalue weighted by Crippen LogP contribution is -2.17. The van der Waals surface area contributed by atoms with Crippen LogP contribution >= 0.6 is 15.9 Å². The van der Waals surface area contributed by atoms with Gasteiger partial charge in [-0.05, 0) is 59.6 Å². The SMILES string of the molecule is C=CCOc1c(Br)cc(CNC(C)c2ccc(C)o2)cc1OC. The Morgan fingerprint density at radius 2 is 2.17 bits per heavy atom. The number of ether oxygens (including phenoxy) is 2. The van der Waals surface area contributed by atoms with Crippen LogP contribution in [0.25, 0.3) is 0 Å². The molecule has 0 radical (unpaired) electrons. The molecule has 1 N–H and O–H groups in total. The van der Waals surface area contributed by atoms with Gasteiger partial charge in [0.25, 0.3) is 0 Å². The van der Waals surface area contributed by atoms with Crippen LogP contribution < -0.4 is 14.8 Å². The fraction of sp³-hybridized carbons (Fsp3) is 0.333. The van der Waals surface area contributed by atoms with Gasteiger partial charge >= 0.3 is 0 Å². The molecular formula is C18H22BrNO3. The highest BCUT2D eigenvalue weighted by molar-refractivity contribution is 9.10. The van der Waals surface area contributed by atoms with E-state index in [1.54, 1.807) is 13.2 Å². The molecule has 0 fully saturated rings. The topological polar surface area (TPSA) is 43.6 Å². The Bertz CT molecular complexity index is 666. The minimum atomic E-state index is 0.130. The van der Waals surface area contributed by atoms with Gasteiger partial charge in [-0.2, -0.15) is 0 Å². The predicted octanol–water partition coefficient (Wildman–Crippen LogP) is 4.77. The van der Waals surface area contributed by atoms with E-state index in [1.165, 1.54) is 0 Å². The minimum absolute atomic E-state index is 0.130. The lowest BCUT2D eigenvalue weighted by atomic mass is 10.1. The third kappa shape index (κ3) is 4.62. The zero-order valence-corrected chi connectivity index (χ0v) is 15.3. The Morgan fingerprint density at radius 1 is 1.39 bits per heavy atom. The van der Waals surface area contributed by atoms with E-state index >= 15 is 0 Å². The van der Waals surface area contributed by atoms with Crippen molar-refractivity contribution >= 4 is 15.9 Å². The lowest BCUT2D eigenvalue weighted by molar-refractivity contribution is 0.324. The van der Waals surface area contributed by atoms with Gasteiger partial charge < -0.3 is 19.2 Å². The molecule has 0 amide bonds. The summed E-state index contributed by atoms with van der Waals surface area (Å²) in [5.74, 6) is 3.23. The van der Waals surface area contributed by atoms with Crippen molar-refractivity contribution in [2.75, 3.05) is 13.7 Å². The summed E-state index contributed by atoms with van der Waals surface area (Å²) >= 11 is 3.54. The van der Waals surface area contributed by atoms with Crippen molar-refractivity contribution in [3.63, 3.8) is 0 Å². The summed E-state index contributed by atoms with van der Waals surface area (Å²) < 4.78 is 17.6. The van der Waals surface area contributed by atoms with Crippen LogP contribution in [-0.2, 0) is 6.54 Å². The molecule has 5 heteroatoms. The Morgan fingerprint density at radius 3 is 2.78 bits per heavy atom. The molecule has 23 heavy (non-hydrogen) atoms. The second kappa shape index (κ2) is 8.22. The molecule has 4 nitrogen and oxygen atoms in total. The summed E-state index contributed by atoms with van der Waals surface area (Å²) in [4.78, 5) is 0. The van der Waals surface area contributed by atoms with Gasteiger partial charge in [0.15, 0.2) is 11.5 Å². The van der Waals surface area contributed by atoms with Crippen molar-refractivity contribution in [3.8, 4) is 11.5 Å². The average Bonchev–Trinajstić information content (AvgIpc) is 2.97. The van der Waals surface area contributed by atoms with Crippen LogP contribution in [-0.4, -0.2) is 13.7 Å². The molecule has 1 atom stereocenters. The average molecular weight is 380 g/mol. The quantitative estimate of drug-likeness (QED) is 0.670. The zero-order valence-electron chi connectivity index (χ0n) is 13.7. The predicted molar refractivity (Wildman–Crippen MR) is 95.1 cm³/mol. The first kappa shape index (κ1) is 17.6. The van der Waals surface area contributed by atoms with Crippen molar-refractivity contribution < 1.29 is 13.9 Å². The third-order valence-corrected chi connectivity index (χ3v) is 4.02. The van der Waals surface area contributed by atoms with E-state index in [-0.39, 0.29) is 6.04 Å². The van der Waals surface area contributed by atoms with E-state index < -0.39 is 0 Å². The van der Waals surface area contributed by atoms with E-state index in [0.717, 1.165) is 21.6 Å². The van der Waals surface area contributed by atoms with Gasteiger partial charge in [-0.15, -0.1) is 0 Å². The molecule has 124 valence electrons. The lowest BCUT2D eigenvalue weighted by Gasteiger charge is -2.15. The summed E-state index contributed by atoms with van der Waals surface area (Å²) in [5, 5.41) is 3.44. The number of hydrogen-bond donors (Lipinski definition) is 1. The van der Waals surface area contributed by atoms with Crippen LogP contribution in [0.4, 0.5) is 0 Å². The fourth-order valence-electron chi connectivity index (χ4n) is 2.22. The monoisotopic (exact) mass is 379 g/mol. The van der Waals surface area contributed by atoms with Gasteiger partial charge in [0.2, 0.25) is 0 Å². The summed E-state index contributed by atoms with van der Waals surface area (Å²) in [7, 11) is 1.63. The number of benzene rings is 1. The molecule has 0 aliphatic heterocycles. The van der Waals surface area contributed by atoms with Crippen LogP contribution in [0, 0.1) is 6.92 Å². The van der Waals surface area contributed by atoms with Crippen molar-refractivity contribution in [3.05, 3.63) is 58.5 Å². The van der Waals surface area contributed by atoms with Gasteiger partial charge in [0, 0.05) is 6.54 Å². The fourth-order valence-corrected chi connectivity index (χ4v) is 2.82. The van der Waals surface area contributed by atoms with Crippen molar-refractivity contribution in [1.82, 2.24) is 5.32 Å². The van der Waals surface area contributed by atoms with Gasteiger partial charge in [0.05, 0.1) is 17.6 Å². The molecule has 0 aliphatic rings. The van der Waals surface area contributed by atoms with Crippen molar-refractivity contribution in [2.45, 2.75) is 26.4 Å². The summed E-state index contributed by atoms with van der Waals surface area (Å²) in [6.07, 6.45) is 1.70. The van der Waals surface area contributed by atoms with E-state index in [1.807, 2.05) is 31.2 Å². The number of methoxy groups -OCH3 is 1. The second-order valence-corrected chi connectivity index (χ2v) is 6.11. The number of rotatable bonds is 8. The number of nitrogens with one attached hydrogen (secondary N) is 1. The van der Waals surface area contributed by atoms with Gasteiger partial charge in [-0.25, -0.2) is 0 Å². The van der Waals surface area contributed by atoms with E-state index in [4.69, 9.17) is 13.9 Å². The van der Waals surface area contributed by atoms with Crippen LogP contribution in [0.3, 0.4) is 0 Å². The molecule has 0 spiro atoms. The Balaban J connectivity index is 2.08. The molecule has 1 unspecified atom stereocenters. The van der Waals surface area contributed by atoms with Crippen LogP contribution in [0.1, 0.15) is 30.0 Å². The normalized spacial score (nSPS) is 12.0. The van der Waals surface area contributed by atoms with Crippen LogP contribution in [0.5, 0.6) is 11.5 Å². The van der Waals surface area contributed by atoms with E-state index in [2.05, 4.69) is 34.7 Å². The maximum absolute atomic E-state index is 5.64. The molecular weight excluding hydrogens is 358 g/mol. The Labute approximate surface area is 145 Å². The van der Waals surface area contributed by atoms with Crippen LogP contribution in [0.2, 0.25) is 0 Å². The molecule has 0 saturated heterocycles. The first-order valence-electron chi connectivity index (χ1n) is 7.45. The minimum Gasteiger partial charge on any atom is -0.493 e. The molecule has 1 heterocycles. The smallest absolute Gasteiger partial charge is 0.175 e. The van der Waals surface area contributed by atoms with Gasteiger partial charge in [0.1, 0.15) is 18.1 Å². The summed E-state index contributed by atoms with van der Waals surface area (Å²) in [6.45, 7) is 8.80. The number of aryl methyl sites for hydroxylation is 1. The second-order valence-electron chi connectivity index (χ2n) is 5.26. The first-order valence-corrected chi connectivity index (χ1v) is 8.24. The van der Waals surface area contributed by atoms with Crippen LogP contribution in [0.15, 0.2) is 45.8 Å². The Hall–Kier alpha value is -1.72. The van der Waals surface area contributed by atoms with E-state index in [0.29, 0.717) is 24.7 Å². The van der Waals surface area contributed by atoms with Gasteiger partial charge in [-0.1, -0.05) is 12.7 Å². The van der Waals surface area contributed by atoms with E-state index in [9.17, 15) is 0 Å². The number of halogens is 1. The molecule has 1 aromatic heterocycles. The molecule has 1 aromatic carbocycles. The highest BCUT2D eigenvalue weighted by Crippen LogP contribution is 2.36. The molecule has 0 bridgehead atoms. The maximum atomic E-state index is 5.64. The highest BCUT2D eigenvalue weighted by atomic mass is 79.9. The summed E-state index contributed by atoms with van der Waals surface area (Å²) in [6, 6.07) is 8.09. The van der Waals surface area contributed by atoms with Crippen molar-refractivity contribution in [2.24, 2.45) is 0 Å². The first-order chi connectivity index (χ1) is 11.0. The summed E-state index contributed by atoms with van der Waals surface area (Å²) in [5.41, 5.74) is 1.09. The number of furan rings is 1. The standard InChI is InChI=1S/C18H22BrNO3/c1-5-8-22-18-15(19)9-14(10-17(18)21-4)11-20-13(3)16-7-6-12(2)23-16/h5-7,9-10,13,20H,1,8,11H2,2-4H3. The molecule has 0 aliphatic carbocycles. The molecule has 2 rings (SSSR count). The maximum Gasteiger partial charge on any atom is 0.175 e. The third-order valence-electron chi connectivity index (χ3n) is 3.44. The van der Waals surface area contributed by atoms with Crippen molar-refractivity contribution in [1.29, 1.82) is 0 Å². The zero-order chi connectivity index (χ0) is 16.8.